The Bertz CT molecular complexity index is 531. The van der Waals surface area contributed by atoms with Crippen LogP contribution in [0, 0.1) is 0 Å². The molecule has 0 radical (unpaired) electrons. The molecule has 1 N–H and O–H groups in total. The zero-order valence-corrected chi connectivity index (χ0v) is 10.8. The van der Waals surface area contributed by atoms with Crippen LogP contribution in [0.1, 0.15) is 24.2 Å². The highest BCUT2D eigenvalue weighted by Gasteiger charge is 2.12. The van der Waals surface area contributed by atoms with Gasteiger partial charge >= 0.3 is 0 Å². The van der Waals surface area contributed by atoms with E-state index in [1.165, 1.54) is 0 Å². The molecular formula is C14H14ClNO2. The van der Waals surface area contributed by atoms with Crippen LogP contribution in [0.3, 0.4) is 0 Å². The van der Waals surface area contributed by atoms with Crippen molar-refractivity contribution in [1.82, 2.24) is 4.98 Å². The number of rotatable bonds is 4. The molecule has 1 heterocycles. The lowest BCUT2D eigenvalue weighted by molar-refractivity contribution is 0.219. The van der Waals surface area contributed by atoms with Gasteiger partial charge in [0, 0.05) is 16.8 Å². The molecule has 0 aliphatic carbocycles. The first kappa shape index (κ1) is 12.9. The molecule has 0 amide bonds. The van der Waals surface area contributed by atoms with Gasteiger partial charge in [0.2, 0.25) is 0 Å². The molecular weight excluding hydrogens is 250 g/mol. The molecule has 0 spiro atoms. The van der Waals surface area contributed by atoms with Crippen LogP contribution in [0.15, 0.2) is 42.7 Å². The van der Waals surface area contributed by atoms with Crippen LogP contribution < -0.4 is 4.74 Å². The Hall–Kier alpha value is -1.58. The van der Waals surface area contributed by atoms with Crippen LogP contribution in [0.4, 0.5) is 0 Å². The highest BCUT2D eigenvalue weighted by molar-refractivity contribution is 6.30. The molecule has 4 heteroatoms. The Morgan fingerprint density at radius 3 is 2.83 bits per heavy atom. The summed E-state index contributed by atoms with van der Waals surface area (Å²) in [6.07, 6.45) is 2.49. The molecule has 3 nitrogen and oxygen atoms in total. The van der Waals surface area contributed by atoms with E-state index in [0.29, 0.717) is 22.9 Å². The number of aliphatic hydroxyl groups excluding tert-OH is 1. The highest BCUT2D eigenvalue weighted by Crippen LogP contribution is 2.25. The smallest absolute Gasteiger partial charge is 0.137 e. The molecule has 1 unspecified atom stereocenters. The average molecular weight is 264 g/mol. The summed E-state index contributed by atoms with van der Waals surface area (Å²) in [6, 6.07) is 8.92. The van der Waals surface area contributed by atoms with Crippen LogP contribution in [-0.2, 0) is 0 Å². The zero-order chi connectivity index (χ0) is 13.0. The maximum atomic E-state index is 10.3. The Morgan fingerprint density at radius 1 is 1.28 bits per heavy atom. The van der Waals surface area contributed by atoms with E-state index in [9.17, 15) is 5.11 Å². The van der Waals surface area contributed by atoms with Crippen molar-refractivity contribution < 1.29 is 9.84 Å². The molecule has 2 rings (SSSR count). The summed E-state index contributed by atoms with van der Waals surface area (Å²) in [5.74, 6) is 0.649. The first-order valence-corrected chi connectivity index (χ1v) is 6.09. The number of aliphatic hydroxyl groups is 1. The molecule has 0 saturated heterocycles. The topological polar surface area (TPSA) is 42.4 Å². The Balaban J connectivity index is 2.27. The molecule has 0 saturated carbocycles. The predicted molar refractivity (Wildman–Crippen MR) is 70.9 cm³/mol. The van der Waals surface area contributed by atoms with Crippen molar-refractivity contribution in [3.05, 3.63) is 58.9 Å². The number of nitrogens with zero attached hydrogens (tertiary/aromatic N) is 1. The van der Waals surface area contributed by atoms with E-state index in [1.807, 2.05) is 13.0 Å². The molecule has 18 heavy (non-hydrogen) atoms. The standard InChI is InChI=1S/C14H14ClNO2/c1-2-18-13-7-11(8-16-9-13)14(17)10-4-3-5-12(15)6-10/h3-9,14,17H,2H2,1H3. The Morgan fingerprint density at radius 2 is 2.11 bits per heavy atom. The van der Waals surface area contributed by atoms with Crippen LogP contribution in [-0.4, -0.2) is 16.7 Å². The fourth-order valence-electron chi connectivity index (χ4n) is 1.70. The third kappa shape index (κ3) is 3.00. The first-order chi connectivity index (χ1) is 8.70. The van der Waals surface area contributed by atoms with Crippen molar-refractivity contribution >= 4 is 11.6 Å². The maximum Gasteiger partial charge on any atom is 0.137 e. The van der Waals surface area contributed by atoms with E-state index in [4.69, 9.17) is 16.3 Å². The second kappa shape index (κ2) is 5.85. The fraction of sp³-hybridized carbons (Fsp3) is 0.214. The van der Waals surface area contributed by atoms with Gasteiger partial charge in [-0.2, -0.15) is 0 Å². The average Bonchev–Trinajstić information content (AvgIpc) is 2.39. The van der Waals surface area contributed by atoms with E-state index in [0.717, 1.165) is 5.56 Å². The lowest BCUT2D eigenvalue weighted by Crippen LogP contribution is -2.01. The lowest BCUT2D eigenvalue weighted by atomic mass is 10.0. The highest BCUT2D eigenvalue weighted by atomic mass is 35.5. The summed E-state index contributed by atoms with van der Waals surface area (Å²) in [6.45, 7) is 2.47. The van der Waals surface area contributed by atoms with Crippen LogP contribution >= 0.6 is 11.6 Å². The second-order valence-electron chi connectivity index (χ2n) is 3.84. The van der Waals surface area contributed by atoms with E-state index >= 15 is 0 Å². The summed E-state index contributed by atoms with van der Waals surface area (Å²) in [5.41, 5.74) is 1.42. The number of halogens is 1. The summed E-state index contributed by atoms with van der Waals surface area (Å²) in [5, 5.41) is 10.9. The van der Waals surface area contributed by atoms with E-state index in [1.54, 1.807) is 36.7 Å². The van der Waals surface area contributed by atoms with Gasteiger partial charge in [-0.1, -0.05) is 23.7 Å². The van der Waals surface area contributed by atoms with Crippen molar-refractivity contribution in [2.75, 3.05) is 6.61 Å². The van der Waals surface area contributed by atoms with Gasteiger partial charge < -0.3 is 9.84 Å². The van der Waals surface area contributed by atoms with Gasteiger partial charge in [-0.3, -0.25) is 4.98 Å². The number of hydrogen-bond acceptors (Lipinski definition) is 3. The minimum atomic E-state index is -0.753. The van der Waals surface area contributed by atoms with E-state index in [-0.39, 0.29) is 0 Å². The fourth-order valence-corrected chi connectivity index (χ4v) is 1.90. The Labute approximate surface area is 111 Å². The van der Waals surface area contributed by atoms with Gasteiger partial charge in [-0.05, 0) is 30.7 Å². The van der Waals surface area contributed by atoms with Crippen LogP contribution in [0.5, 0.6) is 5.75 Å². The number of benzene rings is 1. The van der Waals surface area contributed by atoms with Crippen molar-refractivity contribution in [1.29, 1.82) is 0 Å². The normalized spacial score (nSPS) is 12.2. The Kier molecular flexibility index (Phi) is 4.18. The monoisotopic (exact) mass is 263 g/mol. The number of pyridine rings is 1. The van der Waals surface area contributed by atoms with E-state index < -0.39 is 6.10 Å². The van der Waals surface area contributed by atoms with Crippen LogP contribution in [0.25, 0.3) is 0 Å². The molecule has 1 aromatic heterocycles. The van der Waals surface area contributed by atoms with Gasteiger partial charge in [-0.25, -0.2) is 0 Å². The molecule has 0 aliphatic heterocycles. The second-order valence-corrected chi connectivity index (χ2v) is 4.28. The van der Waals surface area contributed by atoms with E-state index in [2.05, 4.69) is 4.98 Å². The molecule has 0 aliphatic rings. The summed E-state index contributed by atoms with van der Waals surface area (Å²) >= 11 is 5.91. The van der Waals surface area contributed by atoms with Gasteiger partial charge in [0.1, 0.15) is 11.9 Å². The quantitative estimate of drug-likeness (QED) is 0.921. The largest absolute Gasteiger partial charge is 0.492 e. The van der Waals surface area contributed by atoms with Crippen molar-refractivity contribution in [3.8, 4) is 5.75 Å². The molecule has 0 fully saturated rings. The lowest BCUT2D eigenvalue weighted by Gasteiger charge is -2.12. The first-order valence-electron chi connectivity index (χ1n) is 5.72. The predicted octanol–water partition coefficient (Wildman–Crippen LogP) is 3.22. The molecule has 1 atom stereocenters. The van der Waals surface area contributed by atoms with Gasteiger partial charge in [0.25, 0.3) is 0 Å². The molecule has 1 aromatic carbocycles. The molecule has 0 bridgehead atoms. The van der Waals surface area contributed by atoms with Crippen LogP contribution in [0.2, 0.25) is 5.02 Å². The SMILES string of the molecule is CCOc1cncc(C(O)c2cccc(Cl)c2)c1. The minimum Gasteiger partial charge on any atom is -0.492 e. The third-order valence-electron chi connectivity index (χ3n) is 2.53. The molecule has 94 valence electrons. The zero-order valence-electron chi connectivity index (χ0n) is 10.0. The molecule has 2 aromatic rings. The summed E-state index contributed by atoms with van der Waals surface area (Å²) in [4.78, 5) is 4.05. The minimum absolute atomic E-state index is 0.568. The number of hydrogen-bond donors (Lipinski definition) is 1. The van der Waals surface area contributed by atoms with Crippen molar-refractivity contribution in [3.63, 3.8) is 0 Å². The number of aromatic nitrogens is 1. The third-order valence-corrected chi connectivity index (χ3v) is 2.76. The van der Waals surface area contributed by atoms with Gasteiger partial charge in [0.05, 0.1) is 12.8 Å². The summed E-state index contributed by atoms with van der Waals surface area (Å²) in [7, 11) is 0. The maximum absolute atomic E-state index is 10.3. The van der Waals surface area contributed by atoms with Gasteiger partial charge in [0.15, 0.2) is 0 Å². The van der Waals surface area contributed by atoms with Crippen molar-refractivity contribution in [2.45, 2.75) is 13.0 Å². The van der Waals surface area contributed by atoms with Gasteiger partial charge in [-0.15, -0.1) is 0 Å². The van der Waals surface area contributed by atoms with Crippen molar-refractivity contribution in [2.24, 2.45) is 0 Å². The summed E-state index contributed by atoms with van der Waals surface area (Å²) < 4.78 is 5.36. The number of ether oxygens (including phenoxy) is 1.